The lowest BCUT2D eigenvalue weighted by Crippen LogP contribution is -2.42. The van der Waals surface area contributed by atoms with Crippen LogP contribution in [0.4, 0.5) is 0 Å². The molecule has 0 heterocycles. The first-order valence-electron chi connectivity index (χ1n) is 6.30. The molecule has 2 N–H and O–H groups in total. The van der Waals surface area contributed by atoms with Crippen LogP contribution >= 0.6 is 15.9 Å². The van der Waals surface area contributed by atoms with E-state index in [-0.39, 0.29) is 12.5 Å². The van der Waals surface area contributed by atoms with Gasteiger partial charge in [-0.2, -0.15) is 0 Å². The fourth-order valence-corrected chi connectivity index (χ4v) is 2.38. The Bertz CT molecular complexity index is 510. The van der Waals surface area contributed by atoms with Gasteiger partial charge in [0.05, 0.1) is 19.1 Å². The fourth-order valence-electron chi connectivity index (χ4n) is 2.12. The molecule has 1 aromatic rings. The third kappa shape index (κ3) is 3.02. The van der Waals surface area contributed by atoms with E-state index in [0.29, 0.717) is 0 Å². The van der Waals surface area contributed by atoms with E-state index in [4.69, 9.17) is 0 Å². The number of carbonyl (C=O) groups is 2. The van der Waals surface area contributed by atoms with Gasteiger partial charge in [0.15, 0.2) is 6.10 Å². The highest BCUT2D eigenvalue weighted by Gasteiger charge is 2.51. The van der Waals surface area contributed by atoms with Crippen LogP contribution in [-0.4, -0.2) is 36.7 Å². The predicted octanol–water partition coefficient (Wildman–Crippen LogP) is 1.13. The number of halogens is 1. The molecule has 0 radical (unpaired) electrons. The van der Waals surface area contributed by atoms with Crippen molar-refractivity contribution in [2.45, 2.75) is 24.4 Å². The number of ether oxygens (including phenoxy) is 1. The highest BCUT2D eigenvalue weighted by Crippen LogP contribution is 2.48. The molecule has 1 amide bonds. The predicted molar refractivity (Wildman–Crippen MR) is 76.1 cm³/mol. The normalized spacial score (nSPS) is 17.1. The number of esters is 1. The number of aliphatic hydroxyl groups excluding tert-OH is 1. The number of hydrogen-bond acceptors (Lipinski definition) is 4. The maximum atomic E-state index is 12.2. The monoisotopic (exact) mass is 341 g/mol. The second-order valence-electron chi connectivity index (χ2n) is 4.84. The van der Waals surface area contributed by atoms with Crippen molar-refractivity contribution in [1.82, 2.24) is 5.32 Å². The molecule has 0 aromatic heterocycles. The van der Waals surface area contributed by atoms with E-state index < -0.39 is 17.5 Å². The summed E-state index contributed by atoms with van der Waals surface area (Å²) in [6.45, 7) is -0.135. The summed E-state index contributed by atoms with van der Waals surface area (Å²) < 4.78 is 5.35. The van der Waals surface area contributed by atoms with Gasteiger partial charge < -0.3 is 15.2 Å². The molecule has 108 valence electrons. The molecule has 1 atom stereocenters. The molecular weight excluding hydrogens is 326 g/mol. The van der Waals surface area contributed by atoms with Crippen molar-refractivity contribution in [3.63, 3.8) is 0 Å². The van der Waals surface area contributed by atoms with E-state index >= 15 is 0 Å². The van der Waals surface area contributed by atoms with Crippen LogP contribution in [0.25, 0.3) is 0 Å². The molecule has 0 bridgehead atoms. The number of amides is 1. The van der Waals surface area contributed by atoms with E-state index in [9.17, 15) is 14.7 Å². The van der Waals surface area contributed by atoms with Crippen LogP contribution in [0.2, 0.25) is 0 Å². The number of hydrogen-bond donors (Lipinski definition) is 2. The van der Waals surface area contributed by atoms with Gasteiger partial charge in [-0.3, -0.25) is 4.79 Å². The van der Waals surface area contributed by atoms with E-state index in [2.05, 4.69) is 26.0 Å². The summed E-state index contributed by atoms with van der Waals surface area (Å²) in [6.07, 6.45) is 0.216. The van der Waals surface area contributed by atoms with Gasteiger partial charge in [0.2, 0.25) is 5.91 Å². The average Bonchev–Trinajstić information content (AvgIpc) is 3.25. The van der Waals surface area contributed by atoms with Crippen molar-refractivity contribution >= 4 is 27.8 Å². The Morgan fingerprint density at radius 3 is 2.50 bits per heavy atom. The molecule has 2 rings (SSSR count). The molecule has 20 heavy (non-hydrogen) atoms. The van der Waals surface area contributed by atoms with Gasteiger partial charge in [-0.05, 0) is 30.5 Å². The Hall–Kier alpha value is -1.40. The Kier molecular flexibility index (Phi) is 4.45. The Morgan fingerprint density at radius 2 is 2.00 bits per heavy atom. The van der Waals surface area contributed by atoms with Crippen molar-refractivity contribution < 1.29 is 19.4 Å². The quantitative estimate of drug-likeness (QED) is 0.787. The molecule has 6 heteroatoms. The first-order valence-corrected chi connectivity index (χ1v) is 7.09. The molecule has 0 spiro atoms. The lowest BCUT2D eigenvalue weighted by atomic mass is 9.95. The van der Waals surface area contributed by atoms with E-state index in [1.807, 2.05) is 24.3 Å². The summed E-state index contributed by atoms with van der Waals surface area (Å²) in [5.41, 5.74) is 0.432. The van der Waals surface area contributed by atoms with Crippen molar-refractivity contribution in [1.29, 1.82) is 0 Å². The molecule has 0 saturated heterocycles. The van der Waals surface area contributed by atoms with Crippen molar-refractivity contribution in [2.24, 2.45) is 0 Å². The Balaban J connectivity index is 1.98. The van der Waals surface area contributed by atoms with Gasteiger partial charge in [-0.25, -0.2) is 4.79 Å². The zero-order chi connectivity index (χ0) is 14.8. The van der Waals surface area contributed by atoms with Crippen molar-refractivity contribution in [3.8, 4) is 0 Å². The number of methoxy groups -OCH3 is 1. The fraction of sp³-hybridized carbons (Fsp3) is 0.429. The molecule has 1 aromatic carbocycles. The highest BCUT2D eigenvalue weighted by atomic mass is 79.9. The number of carbonyl (C=O) groups excluding carboxylic acids is 2. The zero-order valence-electron chi connectivity index (χ0n) is 11.1. The number of nitrogens with one attached hydrogen (secondary N) is 1. The van der Waals surface area contributed by atoms with E-state index in [1.165, 1.54) is 7.11 Å². The number of rotatable bonds is 5. The first-order chi connectivity index (χ1) is 9.49. The summed E-state index contributed by atoms with van der Waals surface area (Å²) in [7, 11) is 1.19. The SMILES string of the molecule is COC(=O)C(O)CNC(=O)C1(c2ccc(Br)cc2)CC1. The van der Waals surface area contributed by atoms with Crippen LogP contribution < -0.4 is 5.32 Å². The van der Waals surface area contributed by atoms with E-state index in [1.54, 1.807) is 0 Å². The van der Waals surface area contributed by atoms with Gasteiger partial charge in [0.1, 0.15) is 0 Å². The minimum absolute atomic E-state index is 0.135. The molecule has 5 nitrogen and oxygen atoms in total. The van der Waals surface area contributed by atoms with Gasteiger partial charge in [-0.1, -0.05) is 28.1 Å². The molecule has 1 unspecified atom stereocenters. The Labute approximate surface area is 125 Å². The van der Waals surface area contributed by atoms with E-state index in [0.717, 1.165) is 22.9 Å². The third-order valence-electron chi connectivity index (χ3n) is 3.51. The largest absolute Gasteiger partial charge is 0.467 e. The zero-order valence-corrected chi connectivity index (χ0v) is 12.6. The molecule has 1 fully saturated rings. The molecule has 0 aliphatic heterocycles. The summed E-state index contributed by atoms with van der Waals surface area (Å²) in [4.78, 5) is 23.3. The second kappa shape index (κ2) is 5.93. The van der Waals surface area contributed by atoms with Crippen LogP contribution in [0.5, 0.6) is 0 Å². The lowest BCUT2D eigenvalue weighted by Gasteiger charge is -2.17. The summed E-state index contributed by atoms with van der Waals surface area (Å²) in [5, 5.41) is 12.1. The summed E-state index contributed by atoms with van der Waals surface area (Å²) in [5.74, 6) is -0.915. The van der Waals surface area contributed by atoms with Crippen molar-refractivity contribution in [2.75, 3.05) is 13.7 Å². The standard InChI is InChI=1S/C14H16BrNO4/c1-20-12(18)11(17)8-16-13(19)14(6-7-14)9-2-4-10(15)5-3-9/h2-5,11,17H,6-8H2,1H3,(H,16,19). The van der Waals surface area contributed by atoms with Gasteiger partial charge >= 0.3 is 5.97 Å². The third-order valence-corrected chi connectivity index (χ3v) is 4.04. The van der Waals surface area contributed by atoms with Crippen LogP contribution in [0, 0.1) is 0 Å². The summed E-state index contributed by atoms with van der Waals surface area (Å²) >= 11 is 3.36. The lowest BCUT2D eigenvalue weighted by molar-refractivity contribution is -0.150. The van der Waals surface area contributed by atoms with Crippen LogP contribution in [0.1, 0.15) is 18.4 Å². The van der Waals surface area contributed by atoms with Gasteiger partial charge in [0, 0.05) is 4.47 Å². The van der Waals surface area contributed by atoms with Crippen LogP contribution in [0.15, 0.2) is 28.7 Å². The minimum Gasteiger partial charge on any atom is -0.467 e. The maximum absolute atomic E-state index is 12.2. The average molecular weight is 342 g/mol. The Morgan fingerprint density at radius 1 is 1.40 bits per heavy atom. The van der Waals surface area contributed by atoms with Gasteiger partial charge in [0.25, 0.3) is 0 Å². The first kappa shape index (κ1) is 15.0. The smallest absolute Gasteiger partial charge is 0.336 e. The van der Waals surface area contributed by atoms with Gasteiger partial charge in [-0.15, -0.1) is 0 Å². The van der Waals surface area contributed by atoms with Crippen LogP contribution in [-0.2, 0) is 19.7 Å². The number of aliphatic hydroxyl groups is 1. The molecular formula is C14H16BrNO4. The van der Waals surface area contributed by atoms with Crippen molar-refractivity contribution in [3.05, 3.63) is 34.3 Å². The van der Waals surface area contributed by atoms with Crippen LogP contribution in [0.3, 0.4) is 0 Å². The summed E-state index contributed by atoms with van der Waals surface area (Å²) in [6, 6.07) is 7.61. The second-order valence-corrected chi connectivity index (χ2v) is 5.75. The molecule has 1 aliphatic carbocycles. The maximum Gasteiger partial charge on any atom is 0.336 e. The number of benzene rings is 1. The highest BCUT2D eigenvalue weighted by molar-refractivity contribution is 9.10. The molecule has 1 aliphatic rings. The minimum atomic E-state index is -1.33. The topological polar surface area (TPSA) is 75.6 Å². The molecule has 1 saturated carbocycles.